The van der Waals surface area contributed by atoms with Gasteiger partial charge in [0.2, 0.25) is 0 Å². The molecule has 0 aromatic heterocycles. The van der Waals surface area contributed by atoms with E-state index in [2.05, 4.69) is 4.72 Å². The second kappa shape index (κ2) is 8.38. The van der Waals surface area contributed by atoms with Crippen molar-refractivity contribution in [1.29, 1.82) is 0 Å². The van der Waals surface area contributed by atoms with Gasteiger partial charge in [0.05, 0.1) is 29.4 Å². The fraction of sp³-hybridized carbons (Fsp3) is 0.350. The number of hydrogen-bond acceptors (Lipinski definition) is 5. The Labute approximate surface area is 169 Å². The summed E-state index contributed by atoms with van der Waals surface area (Å²) in [5.74, 6) is -1.95. The van der Waals surface area contributed by atoms with Gasteiger partial charge < -0.3 is 14.7 Å². The Balaban J connectivity index is 1.98. The second-order valence-corrected chi connectivity index (χ2v) is 8.77. The molecule has 2 N–H and O–H groups in total. The van der Waals surface area contributed by atoms with Crippen LogP contribution in [0.1, 0.15) is 35.7 Å². The van der Waals surface area contributed by atoms with Crippen molar-refractivity contribution in [3.63, 3.8) is 0 Å². The van der Waals surface area contributed by atoms with E-state index in [4.69, 9.17) is 4.74 Å². The summed E-state index contributed by atoms with van der Waals surface area (Å²) in [4.78, 5) is 13.1. The van der Waals surface area contributed by atoms with Crippen LogP contribution in [0.3, 0.4) is 0 Å². The molecular weight excluding hydrogens is 399 g/mol. The molecule has 0 spiro atoms. The van der Waals surface area contributed by atoms with Gasteiger partial charge >= 0.3 is 5.97 Å². The molecule has 0 radical (unpaired) electrons. The first kappa shape index (κ1) is 21.1. The molecular formula is C20H23FN2O5S. The van der Waals surface area contributed by atoms with Gasteiger partial charge in [-0.2, -0.15) is 0 Å². The minimum atomic E-state index is -4.13. The van der Waals surface area contributed by atoms with Crippen LogP contribution in [0.4, 0.5) is 15.8 Å². The third-order valence-electron chi connectivity index (χ3n) is 4.68. The predicted octanol–water partition coefficient (Wildman–Crippen LogP) is 3.28. The number of carboxylic acid groups (broad SMARTS) is 1. The zero-order valence-corrected chi connectivity index (χ0v) is 17.0. The molecule has 7 nitrogen and oxygen atoms in total. The number of rotatable bonds is 6. The number of benzene rings is 2. The number of ether oxygens (including phenoxy) is 1. The van der Waals surface area contributed by atoms with Gasteiger partial charge in [0.15, 0.2) is 0 Å². The van der Waals surface area contributed by atoms with Gasteiger partial charge in [0.1, 0.15) is 5.82 Å². The number of nitrogens with one attached hydrogen (secondary N) is 1. The van der Waals surface area contributed by atoms with Crippen LogP contribution in [0.15, 0.2) is 41.3 Å². The van der Waals surface area contributed by atoms with E-state index in [9.17, 15) is 22.7 Å². The molecule has 0 atom stereocenters. The van der Waals surface area contributed by atoms with Crippen LogP contribution < -0.4 is 9.62 Å². The van der Waals surface area contributed by atoms with E-state index in [-0.39, 0.29) is 22.1 Å². The molecule has 0 saturated carbocycles. The average molecular weight is 422 g/mol. The Morgan fingerprint density at radius 2 is 1.86 bits per heavy atom. The van der Waals surface area contributed by atoms with Gasteiger partial charge in [0, 0.05) is 18.8 Å². The zero-order chi connectivity index (χ0) is 21.2. The SMILES string of the molecule is CC(C)c1ccc(C(=O)O)cc1S(=O)(=O)Nc1cc(F)cc(N2CCOCC2)c1. The van der Waals surface area contributed by atoms with Crippen LogP contribution >= 0.6 is 0 Å². The van der Waals surface area contributed by atoms with Crippen molar-refractivity contribution >= 4 is 27.4 Å². The Bertz CT molecular complexity index is 1020. The van der Waals surface area contributed by atoms with E-state index < -0.39 is 21.8 Å². The number of carboxylic acids is 1. The topological polar surface area (TPSA) is 95.9 Å². The highest BCUT2D eigenvalue weighted by Crippen LogP contribution is 2.29. The number of anilines is 2. The fourth-order valence-electron chi connectivity index (χ4n) is 3.22. The van der Waals surface area contributed by atoms with Gasteiger partial charge in [0.25, 0.3) is 10.0 Å². The lowest BCUT2D eigenvalue weighted by Gasteiger charge is -2.29. The highest BCUT2D eigenvalue weighted by molar-refractivity contribution is 7.92. The van der Waals surface area contributed by atoms with Crippen LogP contribution in [0.25, 0.3) is 0 Å². The molecule has 0 bridgehead atoms. The first-order chi connectivity index (χ1) is 13.7. The molecule has 1 aliphatic heterocycles. The summed E-state index contributed by atoms with van der Waals surface area (Å²) in [6.45, 7) is 5.80. The molecule has 3 rings (SSSR count). The summed E-state index contributed by atoms with van der Waals surface area (Å²) >= 11 is 0. The predicted molar refractivity (Wildman–Crippen MR) is 108 cm³/mol. The lowest BCUT2D eigenvalue weighted by molar-refractivity contribution is 0.0696. The molecule has 1 heterocycles. The Morgan fingerprint density at radius 3 is 2.48 bits per heavy atom. The van der Waals surface area contributed by atoms with E-state index in [1.165, 1.54) is 18.2 Å². The number of carbonyl (C=O) groups is 1. The highest BCUT2D eigenvalue weighted by Gasteiger charge is 2.23. The number of morpholine rings is 1. The molecule has 0 unspecified atom stereocenters. The number of hydrogen-bond donors (Lipinski definition) is 2. The summed E-state index contributed by atoms with van der Waals surface area (Å²) in [6.07, 6.45) is 0. The van der Waals surface area contributed by atoms with Crippen molar-refractivity contribution in [2.24, 2.45) is 0 Å². The van der Waals surface area contributed by atoms with Crippen LogP contribution in [0, 0.1) is 5.82 Å². The molecule has 1 aliphatic rings. The van der Waals surface area contributed by atoms with Crippen LogP contribution in [-0.4, -0.2) is 45.8 Å². The molecule has 1 fully saturated rings. The van der Waals surface area contributed by atoms with Crippen LogP contribution in [0.2, 0.25) is 0 Å². The molecule has 2 aromatic rings. The van der Waals surface area contributed by atoms with Gasteiger partial charge in [-0.05, 0) is 41.8 Å². The minimum Gasteiger partial charge on any atom is -0.478 e. The second-order valence-electron chi connectivity index (χ2n) is 7.12. The molecule has 0 amide bonds. The van der Waals surface area contributed by atoms with Crippen molar-refractivity contribution in [3.05, 3.63) is 53.3 Å². The maximum atomic E-state index is 14.2. The van der Waals surface area contributed by atoms with Crippen molar-refractivity contribution < 1.29 is 27.4 Å². The quantitative estimate of drug-likeness (QED) is 0.742. The van der Waals surface area contributed by atoms with Crippen LogP contribution in [-0.2, 0) is 14.8 Å². The molecule has 2 aromatic carbocycles. The van der Waals surface area contributed by atoms with Crippen molar-refractivity contribution in [2.45, 2.75) is 24.7 Å². The van der Waals surface area contributed by atoms with Crippen molar-refractivity contribution in [2.75, 3.05) is 35.9 Å². The Kier molecular flexibility index (Phi) is 6.09. The molecule has 9 heteroatoms. The largest absolute Gasteiger partial charge is 0.478 e. The van der Waals surface area contributed by atoms with E-state index in [1.807, 2.05) is 18.7 Å². The van der Waals surface area contributed by atoms with Gasteiger partial charge in [-0.3, -0.25) is 4.72 Å². The Hall–Kier alpha value is -2.65. The minimum absolute atomic E-state index is 0.0712. The summed E-state index contributed by atoms with van der Waals surface area (Å²) in [7, 11) is -4.13. The molecule has 1 saturated heterocycles. The first-order valence-electron chi connectivity index (χ1n) is 9.21. The number of sulfonamides is 1. The molecule has 0 aliphatic carbocycles. The van der Waals surface area contributed by atoms with Gasteiger partial charge in [-0.25, -0.2) is 17.6 Å². The monoisotopic (exact) mass is 422 g/mol. The lowest BCUT2D eigenvalue weighted by atomic mass is 10.0. The Morgan fingerprint density at radius 1 is 1.17 bits per heavy atom. The van der Waals surface area contributed by atoms with Gasteiger partial charge in [-0.1, -0.05) is 19.9 Å². The van der Waals surface area contributed by atoms with E-state index in [1.54, 1.807) is 6.07 Å². The van der Waals surface area contributed by atoms with E-state index >= 15 is 0 Å². The smallest absolute Gasteiger partial charge is 0.335 e. The summed E-state index contributed by atoms with van der Waals surface area (Å²) in [6, 6.07) is 7.98. The number of aromatic carboxylic acids is 1. The lowest BCUT2D eigenvalue weighted by Crippen LogP contribution is -2.36. The summed E-state index contributed by atoms with van der Waals surface area (Å²) in [5, 5.41) is 9.23. The molecule has 156 valence electrons. The summed E-state index contributed by atoms with van der Waals surface area (Å²) in [5.41, 5.74) is 0.964. The van der Waals surface area contributed by atoms with Gasteiger partial charge in [-0.15, -0.1) is 0 Å². The van der Waals surface area contributed by atoms with Crippen LogP contribution in [0.5, 0.6) is 0 Å². The molecule has 29 heavy (non-hydrogen) atoms. The average Bonchev–Trinajstić information content (AvgIpc) is 2.67. The third-order valence-corrected chi connectivity index (χ3v) is 6.12. The maximum Gasteiger partial charge on any atom is 0.335 e. The first-order valence-corrected chi connectivity index (χ1v) is 10.7. The van der Waals surface area contributed by atoms with Crippen molar-refractivity contribution in [3.8, 4) is 0 Å². The summed E-state index contributed by atoms with van der Waals surface area (Å²) < 4.78 is 47.9. The van der Waals surface area contributed by atoms with Crippen molar-refractivity contribution in [1.82, 2.24) is 0 Å². The maximum absolute atomic E-state index is 14.2. The normalized spacial score (nSPS) is 14.8. The number of halogens is 1. The standard InChI is InChI=1S/C20H23FN2O5S/c1-13(2)18-4-3-14(20(24)25)9-19(18)29(26,27)22-16-10-15(21)11-17(12-16)23-5-7-28-8-6-23/h3-4,9-13,22H,5-8H2,1-2H3,(H,24,25). The van der Waals surface area contributed by atoms with E-state index in [0.717, 1.165) is 12.1 Å². The number of nitrogens with zero attached hydrogens (tertiary/aromatic N) is 1. The van der Waals surface area contributed by atoms with E-state index in [0.29, 0.717) is 37.6 Å². The fourth-order valence-corrected chi connectivity index (χ4v) is 4.66. The highest BCUT2D eigenvalue weighted by atomic mass is 32.2. The third kappa shape index (κ3) is 4.86. The zero-order valence-electron chi connectivity index (χ0n) is 16.2.